The van der Waals surface area contributed by atoms with E-state index in [-0.39, 0.29) is 98.0 Å². The number of methoxy groups -OCH3 is 4. The van der Waals surface area contributed by atoms with Gasteiger partial charge in [-0.1, -0.05) is 20.8 Å². The molecule has 0 spiro atoms. The van der Waals surface area contributed by atoms with Crippen molar-refractivity contribution in [2.45, 2.75) is 155 Å². The average Bonchev–Trinajstić information content (AvgIpc) is 1.40. The van der Waals surface area contributed by atoms with Crippen molar-refractivity contribution in [2.24, 2.45) is 17.8 Å². The first-order valence-corrected chi connectivity index (χ1v) is 32.2. The van der Waals surface area contributed by atoms with Gasteiger partial charge in [-0.25, -0.2) is 14.4 Å². The second-order valence-corrected chi connectivity index (χ2v) is 24.2. The topological polar surface area (TPSA) is 617 Å². The summed E-state index contributed by atoms with van der Waals surface area (Å²) in [7, 11) is 0.0174. The fraction of sp³-hybridized carbons (Fsp3) is 0.873. The zero-order chi connectivity index (χ0) is 73.6. The molecule has 0 saturated carbocycles. The zero-order valence-corrected chi connectivity index (χ0v) is 62.2. The SMILES string of the molecule is COC(=O)[C@]1(O)C[C@@H](O)[C@@H](C)C([C@H](O)[C@H](O)CO)O1.COCCOCCCl.COCCOCCOC[C@@H](O)[C@@H](O)C1O[C@](O)(C(=O)O)C[C@@H](O)[C@H]1C.COCCOCCOC[C@@H](O)[C@@H](O)C1O[C@](OP(=O)([O-])OCC2OC(n3ccc(N)nc3=O)[C@H](O)[C@@H]2O)(C(=O)[O-])C[C@@H](O)[C@H]1C.[Na+].[Na+]. The Bertz CT molecular complexity index is 2530. The fourth-order valence-corrected chi connectivity index (χ4v) is 10.5. The molecule has 0 amide bonds. The van der Waals surface area contributed by atoms with Crippen LogP contribution in [0.15, 0.2) is 17.1 Å². The molecule has 99 heavy (non-hydrogen) atoms. The third-order valence-electron chi connectivity index (χ3n) is 15.3. The molecule has 4 saturated heterocycles. The van der Waals surface area contributed by atoms with Gasteiger partial charge in [0.2, 0.25) is 5.79 Å². The van der Waals surface area contributed by atoms with Crippen LogP contribution in [0.1, 0.15) is 46.3 Å². The van der Waals surface area contributed by atoms with Gasteiger partial charge in [-0.3, -0.25) is 13.7 Å². The number of hydrogen-bond acceptors (Lipinski definition) is 38. The van der Waals surface area contributed by atoms with E-state index in [0.29, 0.717) is 52.1 Å². The number of aliphatic hydroxyl groups is 14. The van der Waals surface area contributed by atoms with E-state index in [2.05, 4.69) is 9.72 Å². The van der Waals surface area contributed by atoms with Crippen LogP contribution in [0.4, 0.5) is 5.82 Å². The zero-order valence-electron chi connectivity index (χ0n) is 56.5. The summed E-state index contributed by atoms with van der Waals surface area (Å²) in [6.07, 6.45) is -25.2. The van der Waals surface area contributed by atoms with Crippen molar-refractivity contribution in [1.29, 1.82) is 0 Å². The van der Waals surface area contributed by atoms with E-state index >= 15 is 0 Å². The Balaban J connectivity index is 0.00000149. The minimum Gasteiger partial charge on any atom is -0.756 e. The maximum atomic E-state index is 12.8. The Morgan fingerprint density at radius 2 is 1.09 bits per heavy atom. The number of esters is 1. The average molecular weight is 1500 g/mol. The quantitative estimate of drug-likeness (QED) is 0.00967. The summed E-state index contributed by atoms with van der Waals surface area (Å²) in [6.45, 7) is 5.97. The number of nitrogens with zero attached hydrogens (tertiary/aromatic N) is 2. The predicted octanol–water partition coefficient (Wildman–Crippen LogP) is -15.2. The molecular weight excluding hydrogens is 1410 g/mol. The Morgan fingerprint density at radius 1 is 0.677 bits per heavy atom. The summed E-state index contributed by atoms with van der Waals surface area (Å²) in [4.78, 5) is 63.0. The van der Waals surface area contributed by atoms with Crippen LogP contribution < -0.4 is 80.5 Å². The molecule has 5 rings (SSSR count). The summed E-state index contributed by atoms with van der Waals surface area (Å²) < 4.78 is 88.3. The Labute approximate surface area is 619 Å². The van der Waals surface area contributed by atoms with Crippen molar-refractivity contribution < 1.29 is 235 Å². The number of nitrogen functional groups attached to an aromatic ring is 1. The first-order chi connectivity index (χ1) is 45.5. The normalized spacial score (nSPS) is 31.4. The summed E-state index contributed by atoms with van der Waals surface area (Å²) in [5, 5.41) is 161. The molecule has 0 bridgehead atoms. The van der Waals surface area contributed by atoms with Crippen LogP contribution in [0, 0.1) is 17.8 Å². The number of aromatic nitrogens is 2. The van der Waals surface area contributed by atoms with Crippen molar-refractivity contribution in [1.82, 2.24) is 9.55 Å². The van der Waals surface area contributed by atoms with Gasteiger partial charge < -0.3 is 163 Å². The molecule has 568 valence electrons. The first kappa shape index (κ1) is 97.4. The number of carboxylic acids is 2. The summed E-state index contributed by atoms with van der Waals surface area (Å²) in [5.41, 5.74) is 4.49. The molecule has 40 nitrogen and oxygen atoms in total. The number of carboxylic acid groups (broad SMARTS) is 2. The number of rotatable bonds is 37. The maximum Gasteiger partial charge on any atom is 1.00 e. The van der Waals surface area contributed by atoms with Gasteiger partial charge >= 0.3 is 76.7 Å². The van der Waals surface area contributed by atoms with Gasteiger partial charge in [-0.15, -0.1) is 11.6 Å². The van der Waals surface area contributed by atoms with Gasteiger partial charge in [0.05, 0.1) is 143 Å². The van der Waals surface area contributed by atoms with Crippen LogP contribution in [-0.4, -0.2) is 346 Å². The van der Waals surface area contributed by atoms with Crippen molar-refractivity contribution >= 4 is 43.1 Å². The van der Waals surface area contributed by atoms with Crippen molar-refractivity contribution in [3.8, 4) is 0 Å². The second-order valence-electron chi connectivity index (χ2n) is 22.5. The van der Waals surface area contributed by atoms with Crippen molar-refractivity contribution in [3.05, 3.63) is 22.7 Å². The van der Waals surface area contributed by atoms with Crippen LogP contribution in [0.2, 0.25) is 0 Å². The number of aliphatic hydroxyl groups excluding tert-OH is 12. The van der Waals surface area contributed by atoms with E-state index in [9.17, 15) is 100 Å². The monoisotopic (exact) mass is 1500 g/mol. The molecule has 0 aliphatic carbocycles. The van der Waals surface area contributed by atoms with Crippen LogP contribution in [-0.2, 0) is 89.6 Å². The van der Waals surface area contributed by atoms with Crippen LogP contribution >= 0.6 is 19.4 Å². The maximum absolute atomic E-state index is 12.8. The number of alkyl halides is 1. The summed E-state index contributed by atoms with van der Waals surface area (Å²) in [5.74, 6) is -15.2. The fourth-order valence-electron chi connectivity index (χ4n) is 9.47. The Kier molecular flexibility index (Phi) is 47.8. The Hall–Kier alpha value is -1.55. The minimum atomic E-state index is -5.72. The van der Waals surface area contributed by atoms with E-state index < -0.39 is 203 Å². The number of anilines is 1. The van der Waals surface area contributed by atoms with Crippen LogP contribution in [0.5, 0.6) is 0 Å². The third-order valence-corrected chi connectivity index (χ3v) is 16.4. The number of phosphoric ester groups is 1. The van der Waals surface area contributed by atoms with E-state index in [1.807, 2.05) is 0 Å². The number of phosphoric acid groups is 1. The molecule has 44 heteroatoms. The van der Waals surface area contributed by atoms with E-state index in [1.165, 1.54) is 33.9 Å². The number of carbonyl (C=O) groups is 3. The molecule has 1 aromatic heterocycles. The third kappa shape index (κ3) is 31.1. The molecule has 5 heterocycles. The smallest absolute Gasteiger partial charge is 0.756 e. The predicted molar refractivity (Wildman–Crippen MR) is 318 cm³/mol. The number of aliphatic carboxylic acids is 2. The van der Waals surface area contributed by atoms with Gasteiger partial charge in [0.15, 0.2) is 6.23 Å². The minimum absolute atomic E-state index is 0. The summed E-state index contributed by atoms with van der Waals surface area (Å²) >= 11 is 5.31. The number of nitrogens with two attached hydrogens (primary N) is 1. The standard InChI is InChI=1S/C24H40N3O17P.C15H28O10.C11H20O8.C5H11ClO2.2Na/c1-12-13(28)9-24(22(33)34,43-20(12)17(30)14(29)10-40-8-7-39-6-5-38-2)44-45(36,37)41-11-15-18(31)19(32)21(42-15)27-4-3-16(25)26-23(27)35;1-9-10(16)7-15(21,14(19)20)25-13(9)12(18)11(17)8-24-6-5-23-4-3-22-2;1-5-6(13)3-11(17,10(16)18-2)19-9(5)8(15)7(14)4-12;1-7-4-5-8-3-2-6;;/h3-4,12-15,17-21,28-32H,5-11H2,1-2H3,(H,33,34)(H,36,37)(H2,25,26,35);9-13,16-18,21H,3-8H2,1-2H3,(H,19,20);5-9,12-15,17H,3-4H2,1-2H3;2-5H2,1H3;;/q;;;;2*+1/p-2/t12-,13-,14-,15?,17-,18-,19-,20?,21?,24-;9-,10-,11-,12-,13?,15+;5-,6-,7-,8-,9?,11+;;;/m111.../s1. The molecule has 4 aliphatic rings. The van der Waals surface area contributed by atoms with E-state index in [0.717, 1.165) is 17.9 Å². The molecular formula is C55H97ClN3Na2O37P. The molecule has 1 aromatic rings. The van der Waals surface area contributed by atoms with Gasteiger partial charge in [-0.2, -0.15) is 4.98 Å². The molecule has 4 aliphatic heterocycles. The molecule has 23 atom stereocenters. The molecule has 4 fully saturated rings. The van der Waals surface area contributed by atoms with E-state index in [4.69, 9.17) is 93.4 Å². The van der Waals surface area contributed by atoms with Crippen LogP contribution in [0.3, 0.4) is 0 Å². The van der Waals surface area contributed by atoms with Crippen molar-refractivity contribution in [3.63, 3.8) is 0 Å². The number of halogens is 1. The van der Waals surface area contributed by atoms with Gasteiger partial charge in [0, 0.05) is 70.4 Å². The molecule has 0 radical (unpaired) electrons. The second kappa shape index (κ2) is 48.6. The number of hydrogen-bond donors (Lipinski definition) is 16. The first-order valence-electron chi connectivity index (χ1n) is 30.2. The number of ether oxygens (including phenoxy) is 13. The van der Waals surface area contributed by atoms with Gasteiger partial charge in [0.25, 0.3) is 19.4 Å². The Morgan fingerprint density at radius 3 is 1.52 bits per heavy atom. The van der Waals surface area contributed by atoms with Crippen LogP contribution in [0.25, 0.3) is 0 Å². The molecule has 6 unspecified atom stereocenters. The van der Waals surface area contributed by atoms with E-state index in [1.54, 1.807) is 14.2 Å². The van der Waals surface area contributed by atoms with Gasteiger partial charge in [0.1, 0.15) is 66.7 Å². The number of carbonyl (C=O) groups excluding carboxylic acids is 2. The summed E-state index contributed by atoms with van der Waals surface area (Å²) in [6, 6.07) is 1.21. The molecule has 0 aromatic carbocycles. The van der Waals surface area contributed by atoms with Gasteiger partial charge in [-0.05, 0) is 6.07 Å². The largest absolute Gasteiger partial charge is 1.00 e. The van der Waals surface area contributed by atoms with Crippen molar-refractivity contribution in [2.75, 3.05) is 139 Å². The molecule has 17 N–H and O–H groups in total.